The van der Waals surface area contributed by atoms with E-state index in [0.29, 0.717) is 18.7 Å². The van der Waals surface area contributed by atoms with Gasteiger partial charge in [-0.15, -0.1) is 0 Å². The Hall–Kier alpha value is -1.11. The Morgan fingerprint density at radius 1 is 1.08 bits per heavy atom. The van der Waals surface area contributed by atoms with E-state index < -0.39 is 11.7 Å². The first-order valence-electron chi connectivity index (χ1n) is 8.79. The van der Waals surface area contributed by atoms with E-state index in [1.807, 2.05) is 0 Å². The molecule has 2 aliphatic heterocycles. The van der Waals surface area contributed by atoms with Crippen molar-refractivity contribution < 1.29 is 17.9 Å². The van der Waals surface area contributed by atoms with Gasteiger partial charge in [0.25, 0.3) is 0 Å². The van der Waals surface area contributed by atoms with Crippen LogP contribution in [0.25, 0.3) is 0 Å². The van der Waals surface area contributed by atoms with Crippen LogP contribution in [0.1, 0.15) is 43.2 Å². The standard InChI is InChI=1S/C18H25F3N2O/c19-18(20,21)16-6-2-1-5-14(16)13-23(15-8-10-22-11-9-15)17-7-3-4-12-24-17/h1-2,5-6,15,17,22H,3-4,7-13H2. The highest BCUT2D eigenvalue weighted by atomic mass is 19.4. The monoisotopic (exact) mass is 342 g/mol. The normalized spacial score (nSPS) is 23.6. The lowest BCUT2D eigenvalue weighted by atomic mass is 9.99. The van der Waals surface area contributed by atoms with Gasteiger partial charge in [0.05, 0.1) is 5.56 Å². The molecule has 0 aromatic heterocycles. The van der Waals surface area contributed by atoms with Gasteiger partial charge in [-0.1, -0.05) is 18.2 Å². The van der Waals surface area contributed by atoms with E-state index in [4.69, 9.17) is 4.74 Å². The van der Waals surface area contributed by atoms with Crippen LogP contribution in [0, 0.1) is 0 Å². The lowest BCUT2D eigenvalue weighted by Gasteiger charge is -2.41. The summed E-state index contributed by atoms with van der Waals surface area (Å²) in [5.41, 5.74) is -0.183. The summed E-state index contributed by atoms with van der Waals surface area (Å²) >= 11 is 0. The van der Waals surface area contributed by atoms with E-state index in [1.54, 1.807) is 12.1 Å². The topological polar surface area (TPSA) is 24.5 Å². The predicted molar refractivity (Wildman–Crippen MR) is 86.5 cm³/mol. The smallest absolute Gasteiger partial charge is 0.363 e. The number of hydrogen-bond acceptors (Lipinski definition) is 3. The first-order valence-corrected chi connectivity index (χ1v) is 8.79. The fraction of sp³-hybridized carbons (Fsp3) is 0.667. The number of halogens is 3. The van der Waals surface area contributed by atoms with Gasteiger partial charge in [0, 0.05) is 19.2 Å². The summed E-state index contributed by atoms with van der Waals surface area (Å²) in [4.78, 5) is 2.17. The van der Waals surface area contributed by atoms with Gasteiger partial charge in [-0.05, 0) is 56.8 Å². The molecular formula is C18H25F3N2O. The highest BCUT2D eigenvalue weighted by molar-refractivity contribution is 5.29. The van der Waals surface area contributed by atoms with Gasteiger partial charge in [0.2, 0.25) is 0 Å². The Morgan fingerprint density at radius 3 is 2.50 bits per heavy atom. The summed E-state index contributed by atoms with van der Waals surface area (Å²) in [6.45, 7) is 2.82. The Morgan fingerprint density at radius 2 is 1.83 bits per heavy atom. The van der Waals surface area contributed by atoms with Crippen LogP contribution in [0.5, 0.6) is 0 Å². The zero-order valence-electron chi connectivity index (χ0n) is 13.8. The van der Waals surface area contributed by atoms with E-state index in [-0.39, 0.29) is 12.3 Å². The van der Waals surface area contributed by atoms with E-state index in [2.05, 4.69) is 10.2 Å². The van der Waals surface area contributed by atoms with Crippen LogP contribution in [0.15, 0.2) is 24.3 Å². The maximum absolute atomic E-state index is 13.3. The molecule has 0 amide bonds. The second kappa shape index (κ2) is 7.85. The maximum Gasteiger partial charge on any atom is 0.416 e. The van der Waals surface area contributed by atoms with E-state index in [9.17, 15) is 13.2 Å². The van der Waals surface area contributed by atoms with E-state index in [0.717, 1.165) is 45.2 Å². The average molecular weight is 342 g/mol. The lowest BCUT2D eigenvalue weighted by molar-refractivity contribution is -0.140. The van der Waals surface area contributed by atoms with Gasteiger partial charge in [-0.2, -0.15) is 13.2 Å². The van der Waals surface area contributed by atoms with Crippen LogP contribution in [-0.4, -0.2) is 36.9 Å². The van der Waals surface area contributed by atoms with E-state index in [1.165, 1.54) is 12.1 Å². The van der Waals surface area contributed by atoms with Crippen LogP contribution in [0.3, 0.4) is 0 Å². The molecular weight excluding hydrogens is 317 g/mol. The molecule has 1 aromatic rings. The molecule has 0 spiro atoms. The summed E-state index contributed by atoms with van der Waals surface area (Å²) in [6.07, 6.45) is 0.537. The van der Waals surface area contributed by atoms with Crippen molar-refractivity contribution in [3.05, 3.63) is 35.4 Å². The van der Waals surface area contributed by atoms with Gasteiger partial charge < -0.3 is 10.1 Å². The molecule has 24 heavy (non-hydrogen) atoms. The molecule has 1 atom stereocenters. The third-order valence-corrected chi connectivity index (χ3v) is 4.98. The summed E-state index contributed by atoms with van der Waals surface area (Å²) in [5.74, 6) is 0. The Labute approximate surface area is 141 Å². The molecule has 134 valence electrons. The molecule has 0 aliphatic carbocycles. The van der Waals surface area contributed by atoms with Crippen LogP contribution in [-0.2, 0) is 17.5 Å². The highest BCUT2D eigenvalue weighted by Gasteiger charge is 2.35. The fourth-order valence-corrected chi connectivity index (χ4v) is 3.72. The Balaban J connectivity index is 1.83. The first kappa shape index (κ1) is 17.7. The van der Waals surface area contributed by atoms with Crippen LogP contribution in [0.2, 0.25) is 0 Å². The van der Waals surface area contributed by atoms with Crippen molar-refractivity contribution in [1.29, 1.82) is 0 Å². The number of hydrogen-bond donors (Lipinski definition) is 1. The molecule has 1 N–H and O–H groups in total. The number of ether oxygens (including phenoxy) is 1. The molecule has 1 unspecified atom stereocenters. The number of piperidine rings is 1. The summed E-state index contributed by atoms with van der Waals surface area (Å²) < 4.78 is 45.9. The van der Waals surface area contributed by atoms with Crippen molar-refractivity contribution in [1.82, 2.24) is 10.2 Å². The quantitative estimate of drug-likeness (QED) is 0.901. The Kier molecular flexibility index (Phi) is 5.79. The van der Waals surface area contributed by atoms with Gasteiger partial charge in [-0.3, -0.25) is 4.90 Å². The minimum Gasteiger partial charge on any atom is -0.363 e. The first-order chi connectivity index (χ1) is 11.6. The number of benzene rings is 1. The minimum atomic E-state index is -4.32. The molecule has 2 saturated heterocycles. The zero-order chi connectivity index (χ0) is 17.0. The molecule has 1 aromatic carbocycles. The summed E-state index contributed by atoms with van der Waals surface area (Å²) in [7, 11) is 0. The van der Waals surface area contributed by atoms with Crippen LogP contribution >= 0.6 is 0 Å². The minimum absolute atomic E-state index is 0.0665. The van der Waals surface area contributed by atoms with Crippen LogP contribution in [0.4, 0.5) is 13.2 Å². The van der Waals surface area contributed by atoms with Gasteiger partial charge in [0.1, 0.15) is 6.23 Å². The lowest BCUT2D eigenvalue weighted by Crippen LogP contribution is -2.49. The van der Waals surface area contributed by atoms with Crippen molar-refractivity contribution in [2.75, 3.05) is 19.7 Å². The van der Waals surface area contributed by atoms with Crippen LogP contribution < -0.4 is 5.32 Å². The third-order valence-electron chi connectivity index (χ3n) is 4.98. The van der Waals surface area contributed by atoms with Gasteiger partial charge in [0.15, 0.2) is 0 Å². The maximum atomic E-state index is 13.3. The molecule has 2 fully saturated rings. The molecule has 0 saturated carbocycles. The second-order valence-corrected chi connectivity index (χ2v) is 6.63. The fourth-order valence-electron chi connectivity index (χ4n) is 3.72. The van der Waals surface area contributed by atoms with Crippen molar-refractivity contribution in [2.24, 2.45) is 0 Å². The molecule has 0 radical (unpaired) electrons. The molecule has 3 rings (SSSR count). The number of nitrogens with zero attached hydrogens (tertiary/aromatic N) is 1. The molecule has 6 heteroatoms. The SMILES string of the molecule is FC(F)(F)c1ccccc1CN(C1CCNCC1)C1CCCCO1. The Bertz CT molecular complexity index is 505. The molecule has 3 nitrogen and oxygen atoms in total. The molecule has 2 heterocycles. The predicted octanol–water partition coefficient (Wildman–Crippen LogP) is 3.79. The zero-order valence-corrected chi connectivity index (χ0v) is 13.8. The third kappa shape index (κ3) is 4.29. The van der Waals surface area contributed by atoms with Crippen molar-refractivity contribution in [3.63, 3.8) is 0 Å². The largest absolute Gasteiger partial charge is 0.416 e. The van der Waals surface area contributed by atoms with Crippen molar-refractivity contribution in [3.8, 4) is 0 Å². The summed E-state index contributed by atoms with van der Waals surface area (Å²) in [5, 5.41) is 3.32. The molecule has 0 bridgehead atoms. The molecule has 2 aliphatic rings. The number of rotatable bonds is 4. The number of nitrogens with one attached hydrogen (secondary N) is 1. The van der Waals surface area contributed by atoms with Crippen molar-refractivity contribution in [2.45, 2.75) is 57.1 Å². The van der Waals surface area contributed by atoms with Gasteiger partial charge in [-0.25, -0.2) is 0 Å². The second-order valence-electron chi connectivity index (χ2n) is 6.63. The van der Waals surface area contributed by atoms with Gasteiger partial charge >= 0.3 is 6.18 Å². The van der Waals surface area contributed by atoms with E-state index >= 15 is 0 Å². The highest BCUT2D eigenvalue weighted by Crippen LogP contribution is 2.34. The summed E-state index contributed by atoms with van der Waals surface area (Å²) in [6, 6.07) is 6.19. The average Bonchev–Trinajstić information content (AvgIpc) is 2.61. The number of alkyl halides is 3. The van der Waals surface area contributed by atoms with Crippen molar-refractivity contribution >= 4 is 0 Å².